The van der Waals surface area contributed by atoms with Crippen molar-refractivity contribution >= 4 is 11.5 Å². The van der Waals surface area contributed by atoms with E-state index in [2.05, 4.69) is 30.1 Å². The van der Waals surface area contributed by atoms with Crippen LogP contribution in [0.1, 0.15) is 76.9 Å². The summed E-state index contributed by atoms with van der Waals surface area (Å²) in [6.45, 7) is 5.52. The summed E-state index contributed by atoms with van der Waals surface area (Å²) < 4.78 is 5.51. The Hall–Kier alpha value is -1.95. The number of ketones is 1. The van der Waals surface area contributed by atoms with Crippen LogP contribution in [0.2, 0.25) is 0 Å². The van der Waals surface area contributed by atoms with Gasteiger partial charge in [-0.1, -0.05) is 24.6 Å². The van der Waals surface area contributed by atoms with Crippen molar-refractivity contribution < 1.29 is 14.0 Å². The molecule has 6 heteroatoms. The SMILES string of the molecule is C[C@]12CC/C(=N\OCCc3cnc(CN)o3)C=C1CCC1C2CC[C@]2(C)C(=O)CCC12. The number of hydrogen-bond acceptors (Lipinski definition) is 6. The maximum atomic E-state index is 12.6. The van der Waals surface area contributed by atoms with E-state index in [9.17, 15) is 4.79 Å². The van der Waals surface area contributed by atoms with Crippen LogP contribution in [0, 0.1) is 28.6 Å². The number of Topliss-reactive ketones (excluding diaryl/α,β-unsaturated/α-hetero) is 1. The zero-order valence-electron chi connectivity index (χ0n) is 18.9. The van der Waals surface area contributed by atoms with Gasteiger partial charge in [0.25, 0.3) is 0 Å². The van der Waals surface area contributed by atoms with Crippen molar-refractivity contribution in [2.24, 2.45) is 39.5 Å². The lowest BCUT2D eigenvalue weighted by atomic mass is 9.47. The van der Waals surface area contributed by atoms with E-state index in [1.807, 2.05) is 0 Å². The minimum absolute atomic E-state index is 0.0394. The van der Waals surface area contributed by atoms with Crippen LogP contribution < -0.4 is 5.73 Å². The molecule has 1 aromatic heterocycles. The molecule has 4 aliphatic rings. The molecule has 2 N–H and O–H groups in total. The highest BCUT2D eigenvalue weighted by molar-refractivity contribution is 5.96. The first-order chi connectivity index (χ1) is 14.9. The highest BCUT2D eigenvalue weighted by Gasteiger charge is 2.58. The predicted octanol–water partition coefficient (Wildman–Crippen LogP) is 4.58. The summed E-state index contributed by atoms with van der Waals surface area (Å²) in [5.74, 6) is 3.89. The van der Waals surface area contributed by atoms with E-state index >= 15 is 0 Å². The molecule has 6 nitrogen and oxygen atoms in total. The number of aromatic nitrogens is 1. The molecule has 0 saturated heterocycles. The van der Waals surface area contributed by atoms with Gasteiger partial charge in [-0.15, -0.1) is 0 Å². The first-order valence-electron chi connectivity index (χ1n) is 12.0. The number of oxime groups is 1. The Bertz CT molecular complexity index is 919. The third-order valence-corrected chi connectivity index (χ3v) is 9.08. The van der Waals surface area contributed by atoms with Crippen LogP contribution in [-0.4, -0.2) is 23.1 Å². The van der Waals surface area contributed by atoms with E-state index in [-0.39, 0.29) is 10.8 Å². The van der Waals surface area contributed by atoms with Crippen LogP contribution in [0.4, 0.5) is 0 Å². The number of nitrogens with zero attached hydrogens (tertiary/aromatic N) is 2. The molecule has 0 aliphatic heterocycles. The number of carbonyl (C=O) groups is 1. The average molecular weight is 426 g/mol. The summed E-state index contributed by atoms with van der Waals surface area (Å²) in [5, 5.41) is 4.43. The van der Waals surface area contributed by atoms with Crippen LogP contribution in [-0.2, 0) is 22.6 Å². The van der Waals surface area contributed by atoms with Gasteiger partial charge in [0, 0.05) is 18.3 Å². The first-order valence-corrected chi connectivity index (χ1v) is 12.0. The molecular formula is C25H35N3O3. The van der Waals surface area contributed by atoms with Gasteiger partial charge >= 0.3 is 0 Å². The Kier molecular flexibility index (Phi) is 5.32. The number of hydrogen-bond donors (Lipinski definition) is 1. The standard InChI is InChI=1S/C25H35N3O3/c1-24-10-7-17(28-30-12-9-18-15-27-23(14-26)31-18)13-16(24)3-4-19-20-5-6-22(29)25(20,2)11-8-21(19)24/h13,15,19-21H,3-12,14,26H2,1-2H3/b28-17+/t19?,20?,21?,24-,25-/m0/s1. The van der Waals surface area contributed by atoms with Gasteiger partial charge in [-0.3, -0.25) is 4.79 Å². The van der Waals surface area contributed by atoms with Gasteiger partial charge in [0.05, 0.1) is 18.5 Å². The van der Waals surface area contributed by atoms with Crippen molar-refractivity contribution in [3.63, 3.8) is 0 Å². The third kappa shape index (κ3) is 3.47. The van der Waals surface area contributed by atoms with E-state index in [4.69, 9.17) is 15.0 Å². The summed E-state index contributed by atoms with van der Waals surface area (Å²) in [7, 11) is 0. The topological polar surface area (TPSA) is 90.7 Å². The summed E-state index contributed by atoms with van der Waals surface area (Å²) in [6.07, 6.45) is 13.3. The monoisotopic (exact) mass is 425 g/mol. The quantitative estimate of drug-likeness (QED) is 0.551. The molecule has 3 saturated carbocycles. The number of fused-ring (bicyclic) bond motifs is 5. The molecule has 168 valence electrons. The number of oxazole rings is 1. The number of rotatable bonds is 5. The highest BCUT2D eigenvalue weighted by Crippen LogP contribution is 2.64. The number of nitrogens with two attached hydrogens (primary N) is 1. The van der Waals surface area contributed by atoms with Crippen LogP contribution in [0.15, 0.2) is 27.4 Å². The molecule has 31 heavy (non-hydrogen) atoms. The molecule has 0 radical (unpaired) electrons. The summed E-state index contributed by atoms with van der Waals surface area (Å²) in [5.41, 5.74) is 8.36. The van der Waals surface area contributed by atoms with Crippen LogP contribution >= 0.6 is 0 Å². The normalized spacial score (nSPS) is 38.4. The molecule has 3 unspecified atom stereocenters. The minimum atomic E-state index is -0.0394. The fourth-order valence-corrected chi connectivity index (χ4v) is 7.25. The molecule has 0 amide bonds. The van der Waals surface area contributed by atoms with E-state index in [0.717, 1.165) is 50.0 Å². The van der Waals surface area contributed by atoms with Crippen molar-refractivity contribution in [3.05, 3.63) is 29.5 Å². The van der Waals surface area contributed by atoms with E-state index in [1.165, 1.54) is 12.8 Å². The fourth-order valence-electron chi connectivity index (χ4n) is 7.25. The maximum absolute atomic E-state index is 12.6. The van der Waals surface area contributed by atoms with E-state index in [1.54, 1.807) is 11.8 Å². The van der Waals surface area contributed by atoms with Crippen molar-refractivity contribution in [2.75, 3.05) is 6.61 Å². The van der Waals surface area contributed by atoms with Crippen LogP contribution in [0.25, 0.3) is 0 Å². The van der Waals surface area contributed by atoms with Gasteiger partial charge < -0.3 is 15.0 Å². The van der Waals surface area contributed by atoms with Gasteiger partial charge in [0.1, 0.15) is 18.2 Å². The number of carbonyl (C=O) groups excluding carboxylic acids is 1. The molecular weight excluding hydrogens is 390 g/mol. The predicted molar refractivity (Wildman–Crippen MR) is 118 cm³/mol. The van der Waals surface area contributed by atoms with Gasteiger partial charge in [0.15, 0.2) is 0 Å². The second kappa shape index (κ2) is 7.88. The summed E-state index contributed by atoms with van der Waals surface area (Å²) in [4.78, 5) is 22.3. The van der Waals surface area contributed by atoms with Crippen molar-refractivity contribution in [3.8, 4) is 0 Å². The lowest BCUT2D eigenvalue weighted by Crippen LogP contribution is -2.50. The molecule has 0 bridgehead atoms. The fraction of sp³-hybridized carbons (Fsp3) is 0.720. The molecule has 5 atom stereocenters. The Morgan fingerprint density at radius 1 is 1.16 bits per heavy atom. The van der Waals surface area contributed by atoms with Gasteiger partial charge in [-0.25, -0.2) is 4.98 Å². The molecule has 5 rings (SSSR count). The van der Waals surface area contributed by atoms with Crippen molar-refractivity contribution in [1.82, 2.24) is 4.98 Å². The van der Waals surface area contributed by atoms with Gasteiger partial charge in [-0.05, 0) is 74.2 Å². The molecule has 0 aromatic carbocycles. The smallest absolute Gasteiger partial charge is 0.208 e. The Labute approximate surface area is 184 Å². The molecule has 1 heterocycles. The summed E-state index contributed by atoms with van der Waals surface area (Å²) >= 11 is 0. The summed E-state index contributed by atoms with van der Waals surface area (Å²) in [6, 6.07) is 0. The van der Waals surface area contributed by atoms with E-state index in [0.29, 0.717) is 49.0 Å². The molecule has 3 fully saturated rings. The zero-order valence-corrected chi connectivity index (χ0v) is 18.9. The molecule has 1 aromatic rings. The van der Waals surface area contributed by atoms with Crippen molar-refractivity contribution in [2.45, 2.75) is 78.2 Å². The Morgan fingerprint density at radius 2 is 2.00 bits per heavy atom. The number of allylic oxidation sites excluding steroid dienone is 2. The Morgan fingerprint density at radius 3 is 2.81 bits per heavy atom. The lowest BCUT2D eigenvalue weighted by molar-refractivity contribution is -0.132. The first kappa shape index (κ1) is 20.9. The zero-order chi connectivity index (χ0) is 21.6. The average Bonchev–Trinajstić information content (AvgIpc) is 3.35. The Balaban J connectivity index is 1.24. The largest absolute Gasteiger partial charge is 0.444 e. The van der Waals surface area contributed by atoms with Gasteiger partial charge in [-0.2, -0.15) is 0 Å². The lowest BCUT2D eigenvalue weighted by Gasteiger charge is -2.57. The van der Waals surface area contributed by atoms with Crippen LogP contribution in [0.5, 0.6) is 0 Å². The molecule has 4 aliphatic carbocycles. The molecule has 0 spiro atoms. The highest BCUT2D eigenvalue weighted by atomic mass is 16.6. The second-order valence-corrected chi connectivity index (χ2v) is 10.5. The van der Waals surface area contributed by atoms with Crippen LogP contribution in [0.3, 0.4) is 0 Å². The van der Waals surface area contributed by atoms with Gasteiger partial charge in [0.2, 0.25) is 5.89 Å². The van der Waals surface area contributed by atoms with E-state index < -0.39 is 0 Å². The second-order valence-electron chi connectivity index (χ2n) is 10.5. The van der Waals surface area contributed by atoms with Crippen molar-refractivity contribution in [1.29, 1.82) is 0 Å². The maximum Gasteiger partial charge on any atom is 0.208 e. The minimum Gasteiger partial charge on any atom is -0.444 e. The third-order valence-electron chi connectivity index (χ3n) is 9.08.